The summed E-state index contributed by atoms with van der Waals surface area (Å²) >= 11 is 0. The van der Waals surface area contributed by atoms with Crippen LogP contribution in [-0.2, 0) is 16.4 Å². The third kappa shape index (κ3) is 4.03. The van der Waals surface area contributed by atoms with Gasteiger partial charge in [0.05, 0.1) is 18.1 Å². The molecule has 170 valence electrons. The molecule has 3 aromatic rings. The fraction of sp³-hybridized carbons (Fsp3) is 0.458. The molecule has 1 unspecified atom stereocenters. The molecule has 2 fully saturated rings. The van der Waals surface area contributed by atoms with Gasteiger partial charge in [0.15, 0.2) is 21.5 Å². The molecule has 0 aliphatic carbocycles. The Morgan fingerprint density at radius 1 is 1.09 bits per heavy atom. The van der Waals surface area contributed by atoms with Crippen molar-refractivity contribution in [2.45, 2.75) is 45.2 Å². The van der Waals surface area contributed by atoms with Crippen LogP contribution in [0.1, 0.15) is 47.6 Å². The summed E-state index contributed by atoms with van der Waals surface area (Å²) < 4.78 is 36.4. The first-order valence-corrected chi connectivity index (χ1v) is 13.1. The van der Waals surface area contributed by atoms with Gasteiger partial charge < -0.3 is 18.6 Å². The van der Waals surface area contributed by atoms with Crippen LogP contribution in [0.4, 0.5) is 5.88 Å². The summed E-state index contributed by atoms with van der Waals surface area (Å²) in [6.45, 7) is 4.01. The minimum atomic E-state index is -3.16. The number of piperidine rings is 1. The lowest BCUT2D eigenvalue weighted by atomic mass is 10.1. The number of carbonyl (C=O) groups is 1. The zero-order chi connectivity index (χ0) is 22.3. The fourth-order valence-corrected chi connectivity index (χ4v) is 6.53. The van der Waals surface area contributed by atoms with E-state index in [1.54, 1.807) is 4.90 Å². The van der Waals surface area contributed by atoms with Crippen LogP contribution in [0.5, 0.6) is 0 Å². The number of amides is 1. The average Bonchev–Trinajstić information content (AvgIpc) is 3.50. The molecule has 8 heteroatoms. The number of benzene rings is 1. The van der Waals surface area contributed by atoms with E-state index in [9.17, 15) is 13.2 Å². The van der Waals surface area contributed by atoms with E-state index in [2.05, 4.69) is 4.90 Å². The molecule has 2 aliphatic rings. The van der Waals surface area contributed by atoms with E-state index in [0.717, 1.165) is 42.8 Å². The van der Waals surface area contributed by atoms with Crippen molar-refractivity contribution in [3.8, 4) is 0 Å². The molecule has 0 saturated carbocycles. The lowest BCUT2D eigenvalue weighted by Gasteiger charge is -2.27. The quantitative estimate of drug-likeness (QED) is 0.573. The van der Waals surface area contributed by atoms with E-state index in [1.807, 2.05) is 43.3 Å². The molecule has 1 atom stereocenters. The molecule has 0 spiro atoms. The van der Waals surface area contributed by atoms with Crippen molar-refractivity contribution in [1.82, 2.24) is 4.90 Å². The van der Waals surface area contributed by atoms with Crippen LogP contribution in [0, 0.1) is 6.92 Å². The molecule has 4 heterocycles. The number of rotatable bonds is 5. The lowest BCUT2D eigenvalue weighted by molar-refractivity contribution is 0.0635. The summed E-state index contributed by atoms with van der Waals surface area (Å²) in [5.74, 6) is 1.49. The predicted molar refractivity (Wildman–Crippen MR) is 123 cm³/mol. The van der Waals surface area contributed by atoms with Gasteiger partial charge >= 0.3 is 0 Å². The second kappa shape index (κ2) is 8.31. The summed E-state index contributed by atoms with van der Waals surface area (Å²) in [7, 11) is -3.16. The predicted octanol–water partition coefficient (Wildman–Crippen LogP) is 4.15. The highest BCUT2D eigenvalue weighted by atomic mass is 32.2. The number of anilines is 1. The highest BCUT2D eigenvalue weighted by Crippen LogP contribution is 2.30. The molecule has 2 saturated heterocycles. The number of aryl methyl sites for hydroxylation is 1. The molecule has 2 aromatic heterocycles. The molecule has 2 aliphatic heterocycles. The van der Waals surface area contributed by atoms with Gasteiger partial charge in [-0.3, -0.25) is 4.79 Å². The smallest absolute Gasteiger partial charge is 0.290 e. The molecule has 0 radical (unpaired) electrons. The van der Waals surface area contributed by atoms with Crippen LogP contribution < -0.4 is 4.90 Å². The van der Waals surface area contributed by atoms with Gasteiger partial charge in [-0.15, -0.1) is 0 Å². The highest BCUT2D eigenvalue weighted by molar-refractivity contribution is 7.91. The zero-order valence-electron chi connectivity index (χ0n) is 18.2. The standard InChI is InChI=1S/C24H28N2O5S/c1-17-20-7-3-4-8-21(20)31-23(17)24(27)26(18-11-14-32(28,29)16-18)15-19-9-10-22(30-19)25-12-5-2-6-13-25/h3-4,7-10,18H,2,5-6,11-16H2,1H3. The molecule has 0 N–H and O–H groups in total. The van der Waals surface area contributed by atoms with Gasteiger partial charge in [0.2, 0.25) is 0 Å². The molecule has 5 rings (SSSR count). The molecule has 7 nitrogen and oxygen atoms in total. The number of para-hydroxylation sites is 1. The van der Waals surface area contributed by atoms with Crippen molar-refractivity contribution in [3.63, 3.8) is 0 Å². The van der Waals surface area contributed by atoms with E-state index in [0.29, 0.717) is 17.8 Å². The Hall–Kier alpha value is -2.74. The van der Waals surface area contributed by atoms with Crippen LogP contribution >= 0.6 is 0 Å². The number of furan rings is 2. The Kier molecular flexibility index (Phi) is 5.49. The Morgan fingerprint density at radius 3 is 2.59 bits per heavy atom. The summed E-state index contributed by atoms with van der Waals surface area (Å²) in [4.78, 5) is 17.5. The fourth-order valence-electron chi connectivity index (χ4n) is 4.80. The van der Waals surface area contributed by atoms with Crippen LogP contribution in [0.3, 0.4) is 0 Å². The Labute approximate surface area is 187 Å². The third-order valence-electron chi connectivity index (χ3n) is 6.59. The largest absolute Gasteiger partial charge is 0.451 e. The van der Waals surface area contributed by atoms with Crippen LogP contribution in [0.25, 0.3) is 11.0 Å². The maximum absolute atomic E-state index is 13.6. The Balaban J connectivity index is 1.45. The van der Waals surface area contributed by atoms with Gasteiger partial charge in [0.25, 0.3) is 5.91 Å². The van der Waals surface area contributed by atoms with Crippen molar-refractivity contribution in [1.29, 1.82) is 0 Å². The maximum atomic E-state index is 13.6. The van der Waals surface area contributed by atoms with Crippen molar-refractivity contribution in [2.24, 2.45) is 0 Å². The van der Waals surface area contributed by atoms with Gasteiger partial charge in [0, 0.05) is 36.1 Å². The van der Waals surface area contributed by atoms with Gasteiger partial charge in [-0.2, -0.15) is 0 Å². The number of nitrogens with zero attached hydrogens (tertiary/aromatic N) is 2. The van der Waals surface area contributed by atoms with E-state index >= 15 is 0 Å². The lowest BCUT2D eigenvalue weighted by Crippen LogP contribution is -2.40. The van der Waals surface area contributed by atoms with Crippen molar-refractivity contribution >= 4 is 32.6 Å². The highest BCUT2D eigenvalue weighted by Gasteiger charge is 2.37. The topological polar surface area (TPSA) is 84.0 Å². The van der Waals surface area contributed by atoms with Gasteiger partial charge in [-0.25, -0.2) is 8.42 Å². The van der Waals surface area contributed by atoms with Gasteiger partial charge in [-0.05, 0) is 44.7 Å². The zero-order valence-corrected chi connectivity index (χ0v) is 19.1. The molecular weight excluding hydrogens is 428 g/mol. The SMILES string of the molecule is Cc1c(C(=O)N(Cc2ccc(N3CCCCC3)o2)C2CCS(=O)(=O)C2)oc2ccccc12. The van der Waals surface area contributed by atoms with Gasteiger partial charge in [0.1, 0.15) is 11.3 Å². The monoisotopic (exact) mass is 456 g/mol. The summed E-state index contributed by atoms with van der Waals surface area (Å²) in [6, 6.07) is 11.0. The van der Waals surface area contributed by atoms with Crippen molar-refractivity contribution in [3.05, 3.63) is 53.5 Å². The van der Waals surface area contributed by atoms with Crippen LogP contribution in [-0.4, -0.2) is 49.9 Å². The average molecular weight is 457 g/mol. The molecular formula is C24H28N2O5S. The Morgan fingerprint density at radius 2 is 1.88 bits per heavy atom. The minimum absolute atomic E-state index is 0.0301. The third-order valence-corrected chi connectivity index (χ3v) is 8.34. The summed E-state index contributed by atoms with van der Waals surface area (Å²) in [5.41, 5.74) is 1.42. The number of sulfone groups is 1. The van der Waals surface area contributed by atoms with Crippen LogP contribution in [0.2, 0.25) is 0 Å². The van der Waals surface area contributed by atoms with Crippen molar-refractivity contribution in [2.75, 3.05) is 29.5 Å². The molecule has 0 bridgehead atoms. The second-order valence-electron chi connectivity index (χ2n) is 8.83. The second-order valence-corrected chi connectivity index (χ2v) is 11.1. The molecule has 1 amide bonds. The number of hydrogen-bond acceptors (Lipinski definition) is 6. The summed E-state index contributed by atoms with van der Waals surface area (Å²) in [6.07, 6.45) is 3.95. The number of carbonyl (C=O) groups excluding carboxylic acids is 1. The van der Waals surface area contributed by atoms with Crippen LogP contribution in [0.15, 0.2) is 45.2 Å². The summed E-state index contributed by atoms with van der Waals surface area (Å²) in [5, 5.41) is 0.889. The Bertz CT molecular complexity index is 1240. The van der Waals surface area contributed by atoms with E-state index in [-0.39, 0.29) is 29.7 Å². The number of hydrogen-bond donors (Lipinski definition) is 0. The van der Waals surface area contributed by atoms with E-state index < -0.39 is 15.9 Å². The first kappa shape index (κ1) is 21.1. The van der Waals surface area contributed by atoms with E-state index in [4.69, 9.17) is 8.83 Å². The first-order chi connectivity index (χ1) is 15.4. The number of fused-ring (bicyclic) bond motifs is 1. The minimum Gasteiger partial charge on any atom is -0.451 e. The first-order valence-electron chi connectivity index (χ1n) is 11.2. The maximum Gasteiger partial charge on any atom is 0.290 e. The van der Waals surface area contributed by atoms with E-state index in [1.165, 1.54) is 6.42 Å². The molecule has 1 aromatic carbocycles. The normalized spacial score (nSPS) is 20.7. The van der Waals surface area contributed by atoms with Gasteiger partial charge in [-0.1, -0.05) is 18.2 Å². The van der Waals surface area contributed by atoms with Crippen molar-refractivity contribution < 1.29 is 22.0 Å². The molecule has 32 heavy (non-hydrogen) atoms.